The fraction of sp³-hybridized carbons (Fsp3) is 0.357. The summed E-state index contributed by atoms with van der Waals surface area (Å²) in [6.07, 6.45) is 3.99. The smallest absolute Gasteiger partial charge is 0.182 e. The molecular weight excluding hydrogens is 244 g/mol. The van der Waals surface area contributed by atoms with E-state index in [0.717, 1.165) is 23.7 Å². The van der Waals surface area contributed by atoms with Crippen LogP contribution in [0.4, 0.5) is 5.13 Å². The predicted molar refractivity (Wildman–Crippen MR) is 76.7 cm³/mol. The zero-order chi connectivity index (χ0) is 12.8. The van der Waals surface area contributed by atoms with E-state index in [1.807, 2.05) is 32.3 Å². The van der Waals surface area contributed by atoms with Crippen LogP contribution in [-0.2, 0) is 12.8 Å². The summed E-state index contributed by atoms with van der Waals surface area (Å²) in [5.74, 6) is 0.954. The molecule has 0 amide bonds. The zero-order valence-electron chi connectivity index (χ0n) is 10.8. The Balaban J connectivity index is 1.94. The van der Waals surface area contributed by atoms with Gasteiger partial charge >= 0.3 is 0 Å². The molecule has 2 aromatic rings. The standard InChI is InChI=1S/C14H18N2OS/c1-3-17-12-6-4-5-11(9-12)7-8-13-10-16-14(15-2)18-13/h4-6,9-10H,3,7-8H2,1-2H3,(H,15,16). The molecule has 1 heterocycles. The summed E-state index contributed by atoms with van der Waals surface area (Å²) in [5, 5.41) is 4.04. The van der Waals surface area contributed by atoms with E-state index in [2.05, 4.69) is 22.4 Å². The van der Waals surface area contributed by atoms with Gasteiger partial charge in [0.2, 0.25) is 0 Å². The number of aromatic nitrogens is 1. The molecule has 1 aromatic heterocycles. The molecule has 0 spiro atoms. The minimum atomic E-state index is 0.712. The lowest BCUT2D eigenvalue weighted by Crippen LogP contribution is -1.93. The van der Waals surface area contributed by atoms with Crippen LogP contribution in [0.25, 0.3) is 0 Å². The molecule has 0 aliphatic heterocycles. The van der Waals surface area contributed by atoms with Crippen molar-refractivity contribution >= 4 is 16.5 Å². The third-order valence-corrected chi connectivity index (χ3v) is 3.71. The molecule has 0 fully saturated rings. The molecular formula is C14H18N2OS. The summed E-state index contributed by atoms with van der Waals surface area (Å²) >= 11 is 1.71. The largest absolute Gasteiger partial charge is 0.494 e. The van der Waals surface area contributed by atoms with Gasteiger partial charge in [-0.05, 0) is 37.5 Å². The Bertz CT molecular complexity index is 496. The number of aryl methyl sites for hydroxylation is 2. The number of hydrogen-bond acceptors (Lipinski definition) is 4. The zero-order valence-corrected chi connectivity index (χ0v) is 11.6. The first kappa shape index (κ1) is 12.9. The highest BCUT2D eigenvalue weighted by Crippen LogP contribution is 2.20. The second kappa shape index (κ2) is 6.40. The van der Waals surface area contributed by atoms with E-state index in [4.69, 9.17) is 4.74 Å². The van der Waals surface area contributed by atoms with Gasteiger partial charge in [0.1, 0.15) is 5.75 Å². The van der Waals surface area contributed by atoms with Crippen molar-refractivity contribution in [2.75, 3.05) is 19.0 Å². The van der Waals surface area contributed by atoms with Gasteiger partial charge in [-0.3, -0.25) is 0 Å². The van der Waals surface area contributed by atoms with Crippen LogP contribution in [0.1, 0.15) is 17.4 Å². The van der Waals surface area contributed by atoms with Gasteiger partial charge in [-0.2, -0.15) is 0 Å². The van der Waals surface area contributed by atoms with Crippen LogP contribution in [-0.4, -0.2) is 18.6 Å². The molecule has 0 atom stereocenters. The van der Waals surface area contributed by atoms with Gasteiger partial charge in [0, 0.05) is 18.1 Å². The third kappa shape index (κ3) is 3.47. The highest BCUT2D eigenvalue weighted by atomic mass is 32.1. The fourth-order valence-corrected chi connectivity index (χ4v) is 2.53. The number of nitrogens with zero attached hydrogens (tertiary/aromatic N) is 1. The first-order valence-electron chi connectivity index (χ1n) is 6.16. The van der Waals surface area contributed by atoms with E-state index < -0.39 is 0 Å². The molecule has 0 unspecified atom stereocenters. The molecule has 0 aliphatic rings. The molecule has 0 saturated heterocycles. The first-order valence-corrected chi connectivity index (χ1v) is 6.97. The average Bonchev–Trinajstić information content (AvgIpc) is 2.85. The minimum absolute atomic E-state index is 0.712. The average molecular weight is 262 g/mol. The number of benzene rings is 1. The van der Waals surface area contributed by atoms with Crippen molar-refractivity contribution in [1.82, 2.24) is 4.98 Å². The summed E-state index contributed by atoms with van der Waals surface area (Å²) < 4.78 is 5.50. The lowest BCUT2D eigenvalue weighted by Gasteiger charge is -2.05. The third-order valence-electron chi connectivity index (χ3n) is 2.64. The number of hydrogen-bond donors (Lipinski definition) is 1. The lowest BCUT2D eigenvalue weighted by molar-refractivity contribution is 0.340. The summed E-state index contributed by atoms with van der Waals surface area (Å²) in [6.45, 7) is 2.72. The molecule has 0 saturated carbocycles. The Hall–Kier alpha value is -1.55. The Morgan fingerprint density at radius 3 is 2.94 bits per heavy atom. The summed E-state index contributed by atoms with van der Waals surface area (Å²) in [4.78, 5) is 5.58. The lowest BCUT2D eigenvalue weighted by atomic mass is 10.1. The SMILES string of the molecule is CCOc1cccc(CCc2cnc(NC)s2)c1. The molecule has 1 aromatic carbocycles. The predicted octanol–water partition coefficient (Wildman–Crippen LogP) is 3.37. The number of rotatable bonds is 6. The molecule has 3 nitrogen and oxygen atoms in total. The Morgan fingerprint density at radius 2 is 2.22 bits per heavy atom. The molecule has 96 valence electrons. The van der Waals surface area contributed by atoms with Crippen LogP contribution in [0.3, 0.4) is 0 Å². The minimum Gasteiger partial charge on any atom is -0.494 e. The maximum Gasteiger partial charge on any atom is 0.182 e. The quantitative estimate of drug-likeness (QED) is 0.866. The maximum atomic E-state index is 5.50. The number of anilines is 1. The van der Waals surface area contributed by atoms with Crippen LogP contribution in [0.2, 0.25) is 0 Å². The van der Waals surface area contributed by atoms with E-state index in [0.29, 0.717) is 6.61 Å². The van der Waals surface area contributed by atoms with E-state index in [-0.39, 0.29) is 0 Å². The maximum absolute atomic E-state index is 5.50. The van der Waals surface area contributed by atoms with Crippen LogP contribution >= 0.6 is 11.3 Å². The second-order valence-corrected chi connectivity index (χ2v) is 5.08. The van der Waals surface area contributed by atoms with Gasteiger partial charge in [0.05, 0.1) is 6.61 Å². The molecule has 0 aliphatic carbocycles. The van der Waals surface area contributed by atoms with E-state index in [1.165, 1.54) is 10.4 Å². The first-order chi connectivity index (χ1) is 8.81. The van der Waals surface area contributed by atoms with E-state index in [9.17, 15) is 0 Å². The van der Waals surface area contributed by atoms with Gasteiger partial charge in [0.25, 0.3) is 0 Å². The molecule has 2 rings (SSSR count). The number of nitrogens with one attached hydrogen (secondary N) is 1. The molecule has 0 bridgehead atoms. The summed E-state index contributed by atoms with van der Waals surface area (Å²) in [5.41, 5.74) is 1.31. The van der Waals surface area contributed by atoms with E-state index in [1.54, 1.807) is 11.3 Å². The monoisotopic (exact) mass is 262 g/mol. The van der Waals surface area contributed by atoms with Gasteiger partial charge in [-0.15, -0.1) is 11.3 Å². The van der Waals surface area contributed by atoms with Crippen molar-refractivity contribution in [3.63, 3.8) is 0 Å². The topological polar surface area (TPSA) is 34.1 Å². The van der Waals surface area contributed by atoms with Gasteiger partial charge in [-0.25, -0.2) is 4.98 Å². The van der Waals surface area contributed by atoms with Crippen molar-refractivity contribution < 1.29 is 4.74 Å². The van der Waals surface area contributed by atoms with Crippen LogP contribution in [0.15, 0.2) is 30.5 Å². The van der Waals surface area contributed by atoms with E-state index >= 15 is 0 Å². The highest BCUT2D eigenvalue weighted by molar-refractivity contribution is 7.15. The van der Waals surface area contributed by atoms with Crippen LogP contribution in [0.5, 0.6) is 5.75 Å². The second-order valence-electron chi connectivity index (χ2n) is 3.96. The Morgan fingerprint density at radius 1 is 1.33 bits per heavy atom. The van der Waals surface area contributed by atoms with Gasteiger partial charge < -0.3 is 10.1 Å². The van der Waals surface area contributed by atoms with Crippen molar-refractivity contribution in [1.29, 1.82) is 0 Å². The van der Waals surface area contributed by atoms with Crippen LogP contribution < -0.4 is 10.1 Å². The van der Waals surface area contributed by atoms with Gasteiger partial charge in [-0.1, -0.05) is 12.1 Å². The Kier molecular flexibility index (Phi) is 4.59. The Labute approximate surface area is 112 Å². The number of thiazole rings is 1. The van der Waals surface area contributed by atoms with Crippen molar-refractivity contribution in [3.05, 3.63) is 40.9 Å². The van der Waals surface area contributed by atoms with Crippen molar-refractivity contribution in [3.8, 4) is 5.75 Å². The van der Waals surface area contributed by atoms with Gasteiger partial charge in [0.15, 0.2) is 5.13 Å². The fourth-order valence-electron chi connectivity index (χ4n) is 1.76. The summed E-state index contributed by atoms with van der Waals surface area (Å²) in [7, 11) is 1.90. The summed E-state index contributed by atoms with van der Waals surface area (Å²) in [6, 6.07) is 8.30. The normalized spacial score (nSPS) is 10.3. The van der Waals surface area contributed by atoms with Crippen LogP contribution in [0, 0.1) is 0 Å². The highest BCUT2D eigenvalue weighted by Gasteiger charge is 2.02. The molecule has 4 heteroatoms. The van der Waals surface area contributed by atoms with Crippen molar-refractivity contribution in [2.45, 2.75) is 19.8 Å². The molecule has 18 heavy (non-hydrogen) atoms. The number of ether oxygens (including phenoxy) is 1. The molecule has 1 N–H and O–H groups in total. The molecule has 0 radical (unpaired) electrons. The van der Waals surface area contributed by atoms with Crippen molar-refractivity contribution in [2.24, 2.45) is 0 Å².